The standard InChI is InChI=1S/C6H11NO3/c7-6(9)5-3-4(8)1-2-10-5/h4-5,8H,1-3H2,(H2,7,9). The van der Waals surface area contributed by atoms with Crippen molar-refractivity contribution >= 4 is 5.91 Å². The Kier molecular flexibility index (Phi) is 2.24. The molecule has 3 N–H and O–H groups in total. The fourth-order valence-electron chi connectivity index (χ4n) is 0.978. The second-order valence-corrected chi connectivity index (χ2v) is 2.44. The molecule has 1 aliphatic heterocycles. The topological polar surface area (TPSA) is 72.6 Å². The summed E-state index contributed by atoms with van der Waals surface area (Å²) in [6.45, 7) is 0.425. The Hall–Kier alpha value is -0.610. The molecule has 0 spiro atoms. The number of amides is 1. The van der Waals surface area contributed by atoms with Crippen LogP contribution in [0.25, 0.3) is 0 Å². The van der Waals surface area contributed by atoms with Gasteiger partial charge in [0.05, 0.1) is 12.7 Å². The fraction of sp³-hybridized carbons (Fsp3) is 0.833. The molecule has 0 radical (unpaired) electrons. The summed E-state index contributed by atoms with van der Waals surface area (Å²) >= 11 is 0. The van der Waals surface area contributed by atoms with Crippen molar-refractivity contribution in [2.45, 2.75) is 25.0 Å². The molecule has 2 atom stereocenters. The van der Waals surface area contributed by atoms with E-state index in [-0.39, 0.29) is 0 Å². The second kappa shape index (κ2) is 2.98. The van der Waals surface area contributed by atoms with E-state index in [2.05, 4.69) is 0 Å². The second-order valence-electron chi connectivity index (χ2n) is 2.44. The maximum Gasteiger partial charge on any atom is 0.246 e. The number of rotatable bonds is 1. The van der Waals surface area contributed by atoms with Crippen LogP contribution in [-0.2, 0) is 9.53 Å². The van der Waals surface area contributed by atoms with Gasteiger partial charge < -0.3 is 15.6 Å². The molecule has 1 amide bonds. The first kappa shape index (κ1) is 7.50. The van der Waals surface area contributed by atoms with Crippen LogP contribution in [0.5, 0.6) is 0 Å². The number of aliphatic hydroxyl groups excluding tert-OH is 1. The summed E-state index contributed by atoms with van der Waals surface area (Å²) in [5.41, 5.74) is 4.95. The van der Waals surface area contributed by atoms with Gasteiger partial charge in [0.15, 0.2) is 0 Å². The third-order valence-electron chi connectivity index (χ3n) is 1.57. The van der Waals surface area contributed by atoms with Crippen molar-refractivity contribution in [3.05, 3.63) is 0 Å². The zero-order chi connectivity index (χ0) is 7.56. The Bertz CT molecular complexity index is 137. The number of hydrogen-bond acceptors (Lipinski definition) is 3. The van der Waals surface area contributed by atoms with Crippen LogP contribution in [0, 0.1) is 0 Å². The number of carbonyl (C=O) groups is 1. The average Bonchev–Trinajstić information content (AvgIpc) is 1.88. The average molecular weight is 145 g/mol. The van der Waals surface area contributed by atoms with Crippen LogP contribution in [0.2, 0.25) is 0 Å². The van der Waals surface area contributed by atoms with Crippen LogP contribution in [-0.4, -0.2) is 29.8 Å². The molecule has 58 valence electrons. The van der Waals surface area contributed by atoms with E-state index in [1.807, 2.05) is 0 Å². The van der Waals surface area contributed by atoms with Crippen molar-refractivity contribution in [1.29, 1.82) is 0 Å². The van der Waals surface area contributed by atoms with Gasteiger partial charge in [0.2, 0.25) is 5.91 Å². The molecule has 1 aliphatic rings. The predicted molar refractivity (Wildman–Crippen MR) is 34.2 cm³/mol. The molecule has 0 bridgehead atoms. The predicted octanol–water partition coefficient (Wildman–Crippen LogP) is -0.988. The zero-order valence-corrected chi connectivity index (χ0v) is 5.62. The van der Waals surface area contributed by atoms with Crippen molar-refractivity contribution < 1.29 is 14.6 Å². The highest BCUT2D eigenvalue weighted by molar-refractivity contribution is 5.78. The number of ether oxygens (including phenoxy) is 1. The quantitative estimate of drug-likeness (QED) is 0.497. The third-order valence-corrected chi connectivity index (χ3v) is 1.57. The van der Waals surface area contributed by atoms with Crippen molar-refractivity contribution in [2.24, 2.45) is 5.73 Å². The summed E-state index contributed by atoms with van der Waals surface area (Å²) < 4.78 is 4.98. The monoisotopic (exact) mass is 145 g/mol. The van der Waals surface area contributed by atoms with Gasteiger partial charge in [-0.1, -0.05) is 0 Å². The van der Waals surface area contributed by atoms with Gasteiger partial charge in [-0.3, -0.25) is 4.79 Å². The molecule has 0 aromatic heterocycles. The van der Waals surface area contributed by atoms with Gasteiger partial charge in [-0.2, -0.15) is 0 Å². The molecular weight excluding hydrogens is 134 g/mol. The fourth-order valence-corrected chi connectivity index (χ4v) is 0.978. The minimum Gasteiger partial charge on any atom is -0.393 e. The smallest absolute Gasteiger partial charge is 0.246 e. The Morgan fingerprint density at radius 2 is 2.40 bits per heavy atom. The molecule has 0 aromatic rings. The normalized spacial score (nSPS) is 33.7. The van der Waals surface area contributed by atoms with E-state index >= 15 is 0 Å². The van der Waals surface area contributed by atoms with Crippen LogP contribution in [0.3, 0.4) is 0 Å². The van der Waals surface area contributed by atoms with Crippen molar-refractivity contribution in [3.63, 3.8) is 0 Å². The largest absolute Gasteiger partial charge is 0.393 e. The van der Waals surface area contributed by atoms with Gasteiger partial charge in [-0.05, 0) is 6.42 Å². The zero-order valence-electron chi connectivity index (χ0n) is 5.62. The minimum absolute atomic E-state index is 0.343. The number of aliphatic hydroxyl groups is 1. The van der Waals surface area contributed by atoms with Gasteiger partial charge >= 0.3 is 0 Å². The molecule has 1 saturated heterocycles. The molecule has 0 aliphatic carbocycles. The van der Waals surface area contributed by atoms with Gasteiger partial charge in [0.1, 0.15) is 6.10 Å². The van der Waals surface area contributed by atoms with E-state index in [0.29, 0.717) is 19.4 Å². The molecule has 0 aromatic carbocycles. The first-order chi connectivity index (χ1) is 4.70. The first-order valence-corrected chi connectivity index (χ1v) is 3.29. The van der Waals surface area contributed by atoms with E-state index in [0.717, 1.165) is 0 Å². The summed E-state index contributed by atoms with van der Waals surface area (Å²) in [7, 11) is 0. The minimum atomic E-state index is -0.580. The highest BCUT2D eigenvalue weighted by Crippen LogP contribution is 2.12. The van der Waals surface area contributed by atoms with Crippen molar-refractivity contribution in [1.82, 2.24) is 0 Å². The molecule has 1 fully saturated rings. The van der Waals surface area contributed by atoms with E-state index in [1.54, 1.807) is 0 Å². The summed E-state index contributed by atoms with van der Waals surface area (Å²) in [6, 6.07) is 0. The molecular formula is C6H11NO3. The lowest BCUT2D eigenvalue weighted by Crippen LogP contribution is -2.38. The molecule has 10 heavy (non-hydrogen) atoms. The number of primary amides is 1. The summed E-state index contributed by atoms with van der Waals surface area (Å²) in [4.78, 5) is 10.5. The van der Waals surface area contributed by atoms with Gasteiger partial charge in [-0.15, -0.1) is 0 Å². The van der Waals surface area contributed by atoms with Crippen LogP contribution in [0.15, 0.2) is 0 Å². The van der Waals surface area contributed by atoms with E-state index in [1.165, 1.54) is 0 Å². The summed E-state index contributed by atoms with van der Waals surface area (Å²) in [5.74, 6) is -0.487. The highest BCUT2D eigenvalue weighted by Gasteiger charge is 2.24. The maximum absolute atomic E-state index is 10.5. The summed E-state index contributed by atoms with van der Waals surface area (Å²) in [5, 5.41) is 9.04. The Balaban J connectivity index is 2.39. The van der Waals surface area contributed by atoms with E-state index in [4.69, 9.17) is 15.6 Å². The third kappa shape index (κ3) is 1.68. The van der Waals surface area contributed by atoms with E-state index < -0.39 is 18.1 Å². The molecule has 4 heteroatoms. The van der Waals surface area contributed by atoms with Gasteiger partial charge in [0.25, 0.3) is 0 Å². The number of nitrogens with two attached hydrogens (primary N) is 1. The molecule has 0 saturated carbocycles. The van der Waals surface area contributed by atoms with Crippen LogP contribution < -0.4 is 5.73 Å². The van der Waals surface area contributed by atoms with Crippen LogP contribution >= 0.6 is 0 Å². The molecule has 4 nitrogen and oxygen atoms in total. The number of hydrogen-bond donors (Lipinski definition) is 2. The van der Waals surface area contributed by atoms with Crippen molar-refractivity contribution in [3.8, 4) is 0 Å². The molecule has 1 rings (SSSR count). The van der Waals surface area contributed by atoms with Gasteiger partial charge in [0, 0.05) is 6.42 Å². The Labute approximate surface area is 59.0 Å². The maximum atomic E-state index is 10.5. The lowest BCUT2D eigenvalue weighted by atomic mass is 10.1. The van der Waals surface area contributed by atoms with Crippen LogP contribution in [0.4, 0.5) is 0 Å². The molecule has 2 unspecified atom stereocenters. The van der Waals surface area contributed by atoms with Crippen LogP contribution in [0.1, 0.15) is 12.8 Å². The first-order valence-electron chi connectivity index (χ1n) is 3.29. The Morgan fingerprint density at radius 1 is 1.70 bits per heavy atom. The summed E-state index contributed by atoms with van der Waals surface area (Å²) in [6.07, 6.45) is -0.0611. The van der Waals surface area contributed by atoms with Gasteiger partial charge in [-0.25, -0.2) is 0 Å². The lowest BCUT2D eigenvalue weighted by molar-refractivity contribution is -0.136. The molecule has 1 heterocycles. The lowest BCUT2D eigenvalue weighted by Gasteiger charge is -2.23. The number of carbonyl (C=O) groups excluding carboxylic acids is 1. The SMILES string of the molecule is NC(=O)C1CC(O)CCO1. The highest BCUT2D eigenvalue weighted by atomic mass is 16.5. The van der Waals surface area contributed by atoms with E-state index in [9.17, 15) is 4.79 Å². The van der Waals surface area contributed by atoms with Crippen molar-refractivity contribution in [2.75, 3.05) is 6.61 Å². The Morgan fingerprint density at radius 3 is 2.80 bits per heavy atom.